The standard InChI is InChI=1S/C47H27N3O2/c1-3-12-28(13-4-1)38-27-39(34-19-11-18-32-31-16-8-10-21-40(31)52-46(32)34)50-47(49-38)30-22-24-41-36(26-30)44-42(51-41)25-23-35-43(44)33-17-7-9-20-37(33)48-45(35)29-14-5-2-6-15-29/h1-27H. The maximum atomic E-state index is 6.54. The lowest BCUT2D eigenvalue weighted by Gasteiger charge is -2.11. The van der Waals surface area contributed by atoms with Gasteiger partial charge in [-0.1, -0.05) is 109 Å². The Hall–Kier alpha value is -7.11. The number of aromatic nitrogens is 3. The van der Waals surface area contributed by atoms with Crippen molar-refractivity contribution in [3.8, 4) is 45.2 Å². The summed E-state index contributed by atoms with van der Waals surface area (Å²) in [5.74, 6) is 0.623. The SMILES string of the molecule is c1ccc(-c2cc(-c3cccc4c3oc3ccccc34)nc(-c3ccc4oc5ccc6c(-c7ccccc7)nc7ccccc7c6c5c4c3)n2)cc1. The van der Waals surface area contributed by atoms with E-state index in [0.29, 0.717) is 5.82 Å². The minimum atomic E-state index is 0.623. The Morgan fingerprint density at radius 3 is 1.92 bits per heavy atom. The summed E-state index contributed by atoms with van der Waals surface area (Å²) < 4.78 is 13.0. The molecule has 0 radical (unpaired) electrons. The van der Waals surface area contributed by atoms with Crippen molar-refractivity contribution in [3.63, 3.8) is 0 Å². The maximum Gasteiger partial charge on any atom is 0.160 e. The summed E-state index contributed by atoms with van der Waals surface area (Å²) in [7, 11) is 0. The molecule has 52 heavy (non-hydrogen) atoms. The third-order valence-electron chi connectivity index (χ3n) is 10.1. The molecular weight excluding hydrogens is 639 g/mol. The molecule has 4 heterocycles. The van der Waals surface area contributed by atoms with Gasteiger partial charge < -0.3 is 8.83 Å². The smallest absolute Gasteiger partial charge is 0.160 e. The second-order valence-corrected chi connectivity index (χ2v) is 13.1. The van der Waals surface area contributed by atoms with E-state index in [1.165, 1.54) is 0 Å². The van der Waals surface area contributed by atoms with Gasteiger partial charge in [0.25, 0.3) is 0 Å². The zero-order chi connectivity index (χ0) is 34.2. The molecule has 0 fully saturated rings. The molecule has 0 bridgehead atoms. The summed E-state index contributed by atoms with van der Waals surface area (Å²) in [5, 5.41) is 7.48. The Morgan fingerprint density at radius 1 is 0.365 bits per heavy atom. The predicted octanol–water partition coefficient (Wildman–Crippen LogP) is 12.6. The first-order chi connectivity index (χ1) is 25.8. The number of fused-ring (bicyclic) bond motifs is 10. The molecule has 0 amide bonds. The highest BCUT2D eigenvalue weighted by molar-refractivity contribution is 6.28. The Balaban J connectivity index is 1.18. The van der Waals surface area contributed by atoms with Crippen LogP contribution in [0.15, 0.2) is 173 Å². The lowest BCUT2D eigenvalue weighted by Crippen LogP contribution is -1.96. The van der Waals surface area contributed by atoms with Gasteiger partial charge in [0.2, 0.25) is 0 Å². The molecule has 0 aliphatic rings. The van der Waals surface area contributed by atoms with Gasteiger partial charge in [-0.15, -0.1) is 0 Å². The lowest BCUT2D eigenvalue weighted by atomic mass is 9.96. The third-order valence-corrected chi connectivity index (χ3v) is 10.1. The van der Waals surface area contributed by atoms with E-state index in [0.717, 1.165) is 105 Å². The van der Waals surface area contributed by atoms with Gasteiger partial charge in [0.15, 0.2) is 5.82 Å². The van der Waals surface area contributed by atoms with Crippen molar-refractivity contribution in [1.29, 1.82) is 0 Å². The minimum absolute atomic E-state index is 0.623. The van der Waals surface area contributed by atoms with Crippen LogP contribution < -0.4 is 0 Å². The van der Waals surface area contributed by atoms with Gasteiger partial charge >= 0.3 is 0 Å². The third kappa shape index (κ3) is 4.39. The van der Waals surface area contributed by atoms with Gasteiger partial charge in [-0.05, 0) is 54.6 Å². The van der Waals surface area contributed by atoms with E-state index in [9.17, 15) is 0 Å². The summed E-state index contributed by atoms with van der Waals surface area (Å²) in [5.41, 5.74) is 10.7. The quantitative estimate of drug-likeness (QED) is 0.175. The summed E-state index contributed by atoms with van der Waals surface area (Å²) in [6.07, 6.45) is 0. The summed E-state index contributed by atoms with van der Waals surface area (Å²) in [6, 6.07) is 55.9. The van der Waals surface area contributed by atoms with E-state index in [1.807, 2.05) is 54.6 Å². The number of para-hydroxylation sites is 3. The highest BCUT2D eigenvalue weighted by atomic mass is 16.3. The number of benzene rings is 7. The number of rotatable bonds is 4. The predicted molar refractivity (Wildman–Crippen MR) is 211 cm³/mol. The largest absolute Gasteiger partial charge is 0.456 e. The lowest BCUT2D eigenvalue weighted by molar-refractivity contribution is 0.669. The second-order valence-electron chi connectivity index (χ2n) is 13.1. The van der Waals surface area contributed by atoms with Gasteiger partial charge in [0.1, 0.15) is 22.3 Å². The number of nitrogens with zero attached hydrogens (tertiary/aromatic N) is 3. The van der Waals surface area contributed by atoms with Crippen LogP contribution >= 0.6 is 0 Å². The van der Waals surface area contributed by atoms with Gasteiger partial charge in [-0.25, -0.2) is 15.0 Å². The molecule has 7 aromatic carbocycles. The highest BCUT2D eigenvalue weighted by Gasteiger charge is 2.20. The van der Waals surface area contributed by atoms with Crippen molar-refractivity contribution in [2.75, 3.05) is 0 Å². The van der Waals surface area contributed by atoms with Crippen LogP contribution in [0.3, 0.4) is 0 Å². The molecule has 0 aliphatic carbocycles. The van der Waals surface area contributed by atoms with Gasteiger partial charge in [0.05, 0.1) is 22.6 Å². The second kappa shape index (κ2) is 11.2. The minimum Gasteiger partial charge on any atom is -0.456 e. The fourth-order valence-electron chi connectivity index (χ4n) is 7.68. The van der Waals surface area contributed by atoms with Crippen LogP contribution in [-0.2, 0) is 0 Å². The first kappa shape index (κ1) is 28.7. The molecule has 0 atom stereocenters. The van der Waals surface area contributed by atoms with Crippen molar-refractivity contribution in [2.24, 2.45) is 0 Å². The monoisotopic (exact) mass is 665 g/mol. The maximum absolute atomic E-state index is 6.54. The summed E-state index contributed by atoms with van der Waals surface area (Å²) >= 11 is 0. The van der Waals surface area contributed by atoms with E-state index < -0.39 is 0 Å². The van der Waals surface area contributed by atoms with E-state index in [2.05, 4.69) is 109 Å². The van der Waals surface area contributed by atoms with E-state index in [4.69, 9.17) is 23.8 Å². The van der Waals surface area contributed by atoms with Crippen LogP contribution in [0.4, 0.5) is 0 Å². The van der Waals surface area contributed by atoms with E-state index in [-0.39, 0.29) is 0 Å². The van der Waals surface area contributed by atoms with Crippen molar-refractivity contribution < 1.29 is 8.83 Å². The van der Waals surface area contributed by atoms with Gasteiger partial charge in [-0.2, -0.15) is 0 Å². The average Bonchev–Trinajstić information content (AvgIpc) is 3.79. The Labute approximate surface area is 297 Å². The zero-order valence-electron chi connectivity index (χ0n) is 27.7. The normalized spacial score (nSPS) is 11.8. The molecule has 5 heteroatoms. The Kier molecular flexibility index (Phi) is 6.18. The first-order valence-corrected chi connectivity index (χ1v) is 17.4. The molecule has 0 saturated carbocycles. The topological polar surface area (TPSA) is 65.0 Å². The molecule has 0 N–H and O–H groups in total. The molecule has 5 nitrogen and oxygen atoms in total. The zero-order valence-corrected chi connectivity index (χ0v) is 27.7. The molecule has 4 aromatic heterocycles. The van der Waals surface area contributed by atoms with Crippen LogP contribution in [0.2, 0.25) is 0 Å². The Bertz CT molecular complexity index is 3180. The van der Waals surface area contributed by atoms with Crippen LogP contribution in [0, 0.1) is 0 Å². The van der Waals surface area contributed by atoms with Crippen LogP contribution in [0.5, 0.6) is 0 Å². The number of furan rings is 2. The van der Waals surface area contributed by atoms with Crippen LogP contribution in [0.1, 0.15) is 0 Å². The molecular formula is C47H27N3O2. The summed E-state index contributed by atoms with van der Waals surface area (Å²) in [4.78, 5) is 15.6. The van der Waals surface area contributed by atoms with E-state index in [1.54, 1.807) is 0 Å². The van der Waals surface area contributed by atoms with Crippen molar-refractivity contribution in [3.05, 3.63) is 164 Å². The molecule has 242 valence electrons. The number of hydrogen-bond acceptors (Lipinski definition) is 5. The summed E-state index contributed by atoms with van der Waals surface area (Å²) in [6.45, 7) is 0. The molecule has 0 spiro atoms. The van der Waals surface area contributed by atoms with Crippen molar-refractivity contribution in [2.45, 2.75) is 0 Å². The average molecular weight is 666 g/mol. The molecule has 0 saturated heterocycles. The van der Waals surface area contributed by atoms with E-state index >= 15 is 0 Å². The van der Waals surface area contributed by atoms with Crippen molar-refractivity contribution in [1.82, 2.24) is 15.0 Å². The highest BCUT2D eigenvalue weighted by Crippen LogP contribution is 2.43. The number of pyridine rings is 1. The van der Waals surface area contributed by atoms with Crippen molar-refractivity contribution >= 4 is 65.6 Å². The molecule has 0 unspecified atom stereocenters. The Morgan fingerprint density at radius 2 is 1.06 bits per heavy atom. The van der Waals surface area contributed by atoms with Gasteiger partial charge in [-0.3, -0.25) is 0 Å². The fourth-order valence-corrected chi connectivity index (χ4v) is 7.68. The molecule has 0 aliphatic heterocycles. The van der Waals surface area contributed by atoms with Crippen LogP contribution in [0.25, 0.3) is 111 Å². The van der Waals surface area contributed by atoms with Crippen LogP contribution in [-0.4, -0.2) is 15.0 Å². The first-order valence-electron chi connectivity index (χ1n) is 17.4. The molecule has 11 aromatic rings. The number of hydrogen-bond donors (Lipinski definition) is 0. The molecule has 11 rings (SSSR count). The van der Waals surface area contributed by atoms with Gasteiger partial charge in [0, 0.05) is 60.0 Å². The fraction of sp³-hybridized carbons (Fsp3) is 0.